The van der Waals surface area contributed by atoms with Crippen LogP contribution in [0.3, 0.4) is 0 Å². The number of hydrogen-bond acceptors (Lipinski definition) is 4. The monoisotopic (exact) mass is 535 g/mol. The van der Waals surface area contributed by atoms with E-state index in [1.807, 2.05) is 13.8 Å². The maximum Gasteiger partial charge on any atom is 0.416 e. The minimum atomic E-state index is -4.89. The Labute approximate surface area is 213 Å². The summed E-state index contributed by atoms with van der Waals surface area (Å²) in [7, 11) is 0. The number of hydrogen-bond donors (Lipinski definition) is 1. The summed E-state index contributed by atoms with van der Waals surface area (Å²) >= 11 is 0. The lowest BCUT2D eigenvalue weighted by atomic mass is 9.74. The molecule has 0 bridgehead atoms. The lowest BCUT2D eigenvalue weighted by molar-refractivity contribution is -0.145. The van der Waals surface area contributed by atoms with Gasteiger partial charge < -0.3 is 19.9 Å². The third kappa shape index (κ3) is 6.19. The standard InChI is InChI=1S/C26H35F6N3O2/c1-17(2)24(6-3-21(16-24)33-20-4-11-37-12-5-20)23(36)35-9-7-34(8-10-35)22-14-18(25(27,28)29)13-19(15-22)26(30,31)32/h13-15,17,20-21,33H,3-12,16H2,1-2H3/t21?,24-/m0/s1. The van der Waals surface area contributed by atoms with Crippen molar-refractivity contribution < 1.29 is 35.9 Å². The molecule has 1 amide bonds. The molecule has 1 N–H and O–H groups in total. The molecule has 2 heterocycles. The Morgan fingerprint density at radius 3 is 2.00 bits per heavy atom. The molecule has 0 radical (unpaired) electrons. The quantitative estimate of drug-likeness (QED) is 0.518. The second-order valence-corrected chi connectivity index (χ2v) is 10.8. The van der Waals surface area contributed by atoms with E-state index in [0.717, 1.165) is 57.5 Å². The Hall–Kier alpha value is -2.01. The maximum atomic E-state index is 13.8. The Balaban J connectivity index is 1.44. The zero-order valence-corrected chi connectivity index (χ0v) is 21.2. The van der Waals surface area contributed by atoms with Crippen LogP contribution in [0.25, 0.3) is 0 Å². The molecule has 37 heavy (non-hydrogen) atoms. The Kier molecular flexibility index (Phi) is 8.05. The van der Waals surface area contributed by atoms with E-state index in [1.165, 1.54) is 4.90 Å². The van der Waals surface area contributed by atoms with Gasteiger partial charge in [-0.3, -0.25) is 4.79 Å². The van der Waals surface area contributed by atoms with Crippen LogP contribution in [0.15, 0.2) is 18.2 Å². The molecule has 4 rings (SSSR count). The van der Waals surface area contributed by atoms with E-state index in [2.05, 4.69) is 5.32 Å². The number of piperazine rings is 1. The average Bonchev–Trinajstić information content (AvgIpc) is 3.28. The maximum absolute atomic E-state index is 13.8. The molecule has 208 valence electrons. The van der Waals surface area contributed by atoms with Gasteiger partial charge in [0.15, 0.2) is 0 Å². The van der Waals surface area contributed by atoms with Crippen LogP contribution in [0.5, 0.6) is 0 Å². The third-order valence-electron chi connectivity index (χ3n) is 8.28. The highest BCUT2D eigenvalue weighted by molar-refractivity contribution is 5.84. The summed E-state index contributed by atoms with van der Waals surface area (Å²) in [6.07, 6.45) is -5.51. The highest BCUT2D eigenvalue weighted by Gasteiger charge is 2.50. The summed E-state index contributed by atoms with van der Waals surface area (Å²) in [6.45, 7) is 6.41. The van der Waals surface area contributed by atoms with E-state index < -0.39 is 28.9 Å². The van der Waals surface area contributed by atoms with Gasteiger partial charge >= 0.3 is 12.4 Å². The number of nitrogens with zero attached hydrogens (tertiary/aromatic N) is 2. The Morgan fingerprint density at radius 2 is 1.49 bits per heavy atom. The van der Waals surface area contributed by atoms with Crippen molar-refractivity contribution in [3.8, 4) is 0 Å². The van der Waals surface area contributed by atoms with Crippen LogP contribution >= 0.6 is 0 Å². The number of nitrogens with one attached hydrogen (secondary N) is 1. The van der Waals surface area contributed by atoms with Gasteiger partial charge in [0.1, 0.15) is 0 Å². The number of carbonyl (C=O) groups excluding carboxylic acids is 1. The number of ether oxygens (including phenoxy) is 1. The van der Waals surface area contributed by atoms with Crippen LogP contribution in [-0.4, -0.2) is 62.3 Å². The Morgan fingerprint density at radius 1 is 0.919 bits per heavy atom. The van der Waals surface area contributed by atoms with E-state index in [4.69, 9.17) is 4.74 Å². The van der Waals surface area contributed by atoms with E-state index in [-0.39, 0.29) is 55.8 Å². The van der Waals surface area contributed by atoms with Gasteiger partial charge in [0.2, 0.25) is 5.91 Å². The number of halogens is 6. The summed E-state index contributed by atoms with van der Waals surface area (Å²) in [4.78, 5) is 17.0. The first kappa shape index (κ1) is 28.0. The van der Waals surface area contributed by atoms with Crippen molar-refractivity contribution in [3.05, 3.63) is 29.3 Å². The molecule has 1 unspecified atom stereocenters. The summed E-state index contributed by atoms with van der Waals surface area (Å²) in [5.74, 6) is 0.149. The van der Waals surface area contributed by atoms with Gasteiger partial charge in [-0.1, -0.05) is 13.8 Å². The molecule has 0 spiro atoms. The highest BCUT2D eigenvalue weighted by Crippen LogP contribution is 2.46. The first-order chi connectivity index (χ1) is 17.3. The van der Waals surface area contributed by atoms with Crippen molar-refractivity contribution in [2.75, 3.05) is 44.3 Å². The lowest BCUT2D eigenvalue weighted by Crippen LogP contribution is -2.54. The van der Waals surface area contributed by atoms with Gasteiger partial charge in [-0.2, -0.15) is 26.3 Å². The second-order valence-electron chi connectivity index (χ2n) is 10.8. The molecular weight excluding hydrogens is 500 g/mol. The van der Waals surface area contributed by atoms with Crippen LogP contribution in [0, 0.1) is 11.3 Å². The van der Waals surface area contributed by atoms with E-state index >= 15 is 0 Å². The van der Waals surface area contributed by atoms with Gasteiger partial charge in [0.05, 0.1) is 16.5 Å². The van der Waals surface area contributed by atoms with Gasteiger partial charge in [0.25, 0.3) is 0 Å². The van der Waals surface area contributed by atoms with Crippen molar-refractivity contribution >= 4 is 11.6 Å². The predicted octanol–water partition coefficient (Wildman–Crippen LogP) is 5.34. The lowest BCUT2D eigenvalue weighted by Gasteiger charge is -2.42. The largest absolute Gasteiger partial charge is 0.416 e. The van der Waals surface area contributed by atoms with E-state index in [0.29, 0.717) is 6.04 Å². The van der Waals surface area contributed by atoms with E-state index in [9.17, 15) is 31.1 Å². The van der Waals surface area contributed by atoms with Gasteiger partial charge in [0, 0.05) is 57.2 Å². The highest BCUT2D eigenvalue weighted by atomic mass is 19.4. The van der Waals surface area contributed by atoms with Crippen LogP contribution in [0.4, 0.5) is 32.0 Å². The van der Waals surface area contributed by atoms with Crippen molar-refractivity contribution in [1.82, 2.24) is 10.2 Å². The van der Waals surface area contributed by atoms with Gasteiger partial charge in [-0.05, 0) is 56.2 Å². The predicted molar refractivity (Wildman–Crippen MR) is 127 cm³/mol. The smallest absolute Gasteiger partial charge is 0.381 e. The molecule has 0 aromatic heterocycles. The molecule has 1 aromatic rings. The second kappa shape index (κ2) is 10.6. The van der Waals surface area contributed by atoms with Crippen molar-refractivity contribution in [1.29, 1.82) is 0 Å². The summed E-state index contributed by atoms with van der Waals surface area (Å²) in [6, 6.07) is 2.27. The number of anilines is 1. The van der Waals surface area contributed by atoms with Gasteiger partial charge in [-0.15, -0.1) is 0 Å². The van der Waals surface area contributed by atoms with Gasteiger partial charge in [-0.25, -0.2) is 0 Å². The zero-order valence-electron chi connectivity index (χ0n) is 21.2. The number of rotatable bonds is 5. The number of amides is 1. The summed E-state index contributed by atoms with van der Waals surface area (Å²) in [5.41, 5.74) is -3.31. The molecule has 1 saturated carbocycles. The fraction of sp³-hybridized carbons (Fsp3) is 0.731. The first-order valence-corrected chi connectivity index (χ1v) is 13.0. The van der Waals surface area contributed by atoms with Crippen LogP contribution in [0.1, 0.15) is 57.1 Å². The minimum Gasteiger partial charge on any atom is -0.381 e. The van der Waals surface area contributed by atoms with E-state index in [1.54, 1.807) is 4.90 Å². The fourth-order valence-corrected chi connectivity index (χ4v) is 5.98. The normalized spacial score (nSPS) is 26.2. The molecule has 1 aliphatic carbocycles. The third-order valence-corrected chi connectivity index (χ3v) is 8.28. The van der Waals surface area contributed by atoms with Crippen molar-refractivity contribution in [2.24, 2.45) is 11.3 Å². The molecule has 5 nitrogen and oxygen atoms in total. The summed E-state index contributed by atoms with van der Waals surface area (Å²) < 4.78 is 85.2. The SMILES string of the molecule is CC(C)[C@]1(C(=O)N2CCN(c3cc(C(F)(F)F)cc(C(F)(F)F)c3)CC2)CCC(NC2CCOCC2)C1. The molecule has 2 saturated heterocycles. The minimum absolute atomic E-state index is 0.0402. The first-order valence-electron chi connectivity index (χ1n) is 13.0. The number of alkyl halides is 6. The van der Waals surface area contributed by atoms with Crippen molar-refractivity contribution in [3.63, 3.8) is 0 Å². The number of benzene rings is 1. The molecule has 3 fully saturated rings. The molecule has 2 aliphatic heterocycles. The molecule has 11 heteroatoms. The molecule has 3 aliphatic rings. The Bertz CT molecular complexity index is 920. The zero-order chi connectivity index (χ0) is 27.0. The molecule has 1 aromatic carbocycles. The fourth-order valence-electron chi connectivity index (χ4n) is 5.98. The summed E-state index contributed by atoms with van der Waals surface area (Å²) in [5, 5.41) is 3.71. The van der Waals surface area contributed by atoms with Crippen LogP contribution < -0.4 is 10.2 Å². The number of carbonyl (C=O) groups is 1. The topological polar surface area (TPSA) is 44.8 Å². The average molecular weight is 536 g/mol. The van der Waals surface area contributed by atoms with Crippen LogP contribution in [0.2, 0.25) is 0 Å². The molecule has 2 atom stereocenters. The van der Waals surface area contributed by atoms with Crippen LogP contribution in [-0.2, 0) is 21.9 Å². The van der Waals surface area contributed by atoms with Crippen molar-refractivity contribution in [2.45, 2.75) is 70.4 Å². The molecular formula is C26H35F6N3O2.